The van der Waals surface area contributed by atoms with Crippen LogP contribution in [0.1, 0.15) is 0 Å². The van der Waals surface area contributed by atoms with E-state index in [-0.39, 0.29) is 0 Å². The predicted octanol–water partition coefficient (Wildman–Crippen LogP) is 4.75. The third-order valence-corrected chi connectivity index (χ3v) is 3.38. The van der Waals surface area contributed by atoms with Crippen LogP contribution in [0.5, 0.6) is 0 Å². The molecule has 0 fully saturated rings. The van der Waals surface area contributed by atoms with Crippen molar-refractivity contribution < 1.29 is 0 Å². The Hall–Kier alpha value is 0.01000. The average Bonchev–Trinajstić information content (AvgIpc) is 2.12. The van der Waals surface area contributed by atoms with Crippen molar-refractivity contribution in [3.8, 4) is 0 Å². The van der Waals surface area contributed by atoms with Gasteiger partial charge in [-0.2, -0.15) is 0 Å². The minimum absolute atomic E-state index is 0.743. The lowest BCUT2D eigenvalue weighted by molar-refractivity contribution is 1.70. The van der Waals surface area contributed by atoms with Gasteiger partial charge in [-0.1, -0.05) is 29.3 Å². The Morgan fingerprint density at radius 2 is 1.69 bits per heavy atom. The monoisotopic (exact) mass is 322 g/mol. The first-order valence-corrected chi connectivity index (χ1v) is 5.55. The summed E-state index contributed by atoms with van der Waals surface area (Å²) in [5.41, 5.74) is 0. The van der Waals surface area contributed by atoms with Crippen molar-refractivity contribution in [1.82, 2.24) is 0 Å². The van der Waals surface area contributed by atoms with E-state index >= 15 is 0 Å². The number of hydrogen-bond acceptors (Lipinski definition) is 0. The van der Waals surface area contributed by atoms with Crippen LogP contribution in [-0.2, 0) is 0 Å². The number of benzene rings is 2. The van der Waals surface area contributed by atoms with Crippen molar-refractivity contribution in [2.45, 2.75) is 0 Å². The Bertz CT molecular complexity index is 466. The molecule has 0 heterocycles. The van der Waals surface area contributed by atoms with Crippen LogP contribution in [0, 0.1) is 3.57 Å². The molecule has 0 aliphatic carbocycles. The zero-order valence-electron chi connectivity index (χ0n) is 6.52. The van der Waals surface area contributed by atoms with Gasteiger partial charge in [0.05, 0.1) is 0 Å². The smallest absolute Gasteiger partial charge is 0.0485 e. The molecule has 0 N–H and O–H groups in total. The molecule has 0 aromatic heterocycles. The zero-order chi connectivity index (χ0) is 9.42. The van der Waals surface area contributed by atoms with E-state index in [9.17, 15) is 0 Å². The molecule has 0 spiro atoms. The van der Waals surface area contributed by atoms with Crippen LogP contribution in [0.3, 0.4) is 0 Å². The first-order valence-electron chi connectivity index (χ1n) is 3.72. The first kappa shape index (κ1) is 9.56. The van der Waals surface area contributed by atoms with E-state index in [2.05, 4.69) is 22.6 Å². The van der Waals surface area contributed by atoms with E-state index in [1.807, 2.05) is 30.3 Å². The second-order valence-corrected chi connectivity index (χ2v) is 4.72. The maximum Gasteiger partial charge on any atom is 0.0485 e. The summed E-state index contributed by atoms with van der Waals surface area (Å²) in [5.74, 6) is 0. The number of halogens is 3. The van der Waals surface area contributed by atoms with Gasteiger partial charge < -0.3 is 0 Å². The fourth-order valence-electron chi connectivity index (χ4n) is 1.25. The van der Waals surface area contributed by atoms with Crippen LogP contribution < -0.4 is 0 Å². The molecule has 66 valence electrons. The molecule has 2 aromatic rings. The van der Waals surface area contributed by atoms with Crippen molar-refractivity contribution in [2.24, 2.45) is 0 Å². The molecule has 0 saturated heterocycles. The number of rotatable bonds is 0. The molecule has 13 heavy (non-hydrogen) atoms. The molecule has 0 unspecified atom stereocenters. The van der Waals surface area contributed by atoms with Crippen molar-refractivity contribution in [3.63, 3.8) is 0 Å². The van der Waals surface area contributed by atoms with Gasteiger partial charge in [-0.15, -0.1) is 0 Å². The van der Waals surface area contributed by atoms with Crippen LogP contribution in [0.2, 0.25) is 10.0 Å². The van der Waals surface area contributed by atoms with Crippen LogP contribution in [-0.4, -0.2) is 0 Å². The minimum Gasteiger partial charge on any atom is -0.0843 e. The summed E-state index contributed by atoms with van der Waals surface area (Å²) in [5, 5.41) is 3.68. The van der Waals surface area contributed by atoms with E-state index in [1.165, 1.54) is 3.57 Å². The first-order chi connectivity index (χ1) is 6.18. The van der Waals surface area contributed by atoms with Crippen molar-refractivity contribution in [3.05, 3.63) is 43.9 Å². The van der Waals surface area contributed by atoms with Gasteiger partial charge in [0.25, 0.3) is 0 Å². The zero-order valence-corrected chi connectivity index (χ0v) is 10.2. The largest absolute Gasteiger partial charge is 0.0843 e. The molecule has 3 heteroatoms. The molecule has 0 aliphatic heterocycles. The summed E-state index contributed by atoms with van der Waals surface area (Å²) in [4.78, 5) is 0. The van der Waals surface area contributed by atoms with Crippen LogP contribution in [0.15, 0.2) is 30.3 Å². The van der Waals surface area contributed by atoms with Gasteiger partial charge in [0.2, 0.25) is 0 Å². The molecule has 2 aromatic carbocycles. The SMILES string of the molecule is Clc1ccc2c(Cl)ccc(I)c2c1. The predicted molar refractivity (Wildman–Crippen MR) is 66.7 cm³/mol. The Morgan fingerprint density at radius 3 is 2.46 bits per heavy atom. The van der Waals surface area contributed by atoms with Gasteiger partial charge in [0, 0.05) is 19.0 Å². The lowest BCUT2D eigenvalue weighted by Gasteiger charge is -2.02. The normalized spacial score (nSPS) is 10.7. The molecular weight excluding hydrogens is 318 g/mol. The van der Waals surface area contributed by atoms with Gasteiger partial charge in [0.1, 0.15) is 0 Å². The van der Waals surface area contributed by atoms with Gasteiger partial charge in [-0.05, 0) is 52.2 Å². The highest BCUT2D eigenvalue weighted by molar-refractivity contribution is 14.1. The topological polar surface area (TPSA) is 0 Å². The Kier molecular flexibility index (Phi) is 2.67. The van der Waals surface area contributed by atoms with E-state index in [1.54, 1.807) is 0 Å². The van der Waals surface area contributed by atoms with E-state index < -0.39 is 0 Å². The summed E-state index contributed by atoms with van der Waals surface area (Å²) >= 11 is 14.2. The van der Waals surface area contributed by atoms with Gasteiger partial charge >= 0.3 is 0 Å². The fraction of sp³-hybridized carbons (Fsp3) is 0. The highest BCUT2D eigenvalue weighted by Gasteiger charge is 2.02. The Morgan fingerprint density at radius 1 is 0.923 bits per heavy atom. The van der Waals surface area contributed by atoms with Crippen molar-refractivity contribution in [1.29, 1.82) is 0 Å². The maximum atomic E-state index is 6.03. The highest BCUT2D eigenvalue weighted by Crippen LogP contribution is 2.29. The van der Waals surface area contributed by atoms with Crippen LogP contribution in [0.25, 0.3) is 10.8 Å². The molecule has 0 bridgehead atoms. The lowest BCUT2D eigenvalue weighted by atomic mass is 10.1. The standard InChI is InChI=1S/C10H5Cl2I/c11-6-1-2-7-8(5-6)10(13)4-3-9(7)12/h1-5H. The summed E-state index contributed by atoms with van der Waals surface area (Å²) in [6.07, 6.45) is 0. The van der Waals surface area contributed by atoms with E-state index in [4.69, 9.17) is 23.2 Å². The summed E-state index contributed by atoms with van der Waals surface area (Å²) in [6, 6.07) is 9.62. The molecule has 0 amide bonds. The number of fused-ring (bicyclic) bond motifs is 1. The molecule has 2 rings (SSSR count). The van der Waals surface area contributed by atoms with Crippen LogP contribution in [0.4, 0.5) is 0 Å². The van der Waals surface area contributed by atoms with Crippen LogP contribution >= 0.6 is 45.8 Å². The lowest BCUT2D eigenvalue weighted by Crippen LogP contribution is -1.78. The third-order valence-electron chi connectivity index (χ3n) is 1.87. The molecule has 0 radical (unpaired) electrons. The molecule has 0 nitrogen and oxygen atoms in total. The van der Waals surface area contributed by atoms with Gasteiger partial charge in [-0.25, -0.2) is 0 Å². The summed E-state index contributed by atoms with van der Waals surface area (Å²) < 4.78 is 1.17. The second-order valence-electron chi connectivity index (χ2n) is 2.72. The number of hydrogen-bond donors (Lipinski definition) is 0. The molecular formula is C10H5Cl2I. The second kappa shape index (κ2) is 3.64. The van der Waals surface area contributed by atoms with Gasteiger partial charge in [0.15, 0.2) is 0 Å². The Balaban J connectivity index is 2.92. The minimum atomic E-state index is 0.743. The third kappa shape index (κ3) is 1.78. The summed E-state index contributed by atoms with van der Waals surface area (Å²) in [7, 11) is 0. The van der Waals surface area contributed by atoms with Crippen molar-refractivity contribution >= 4 is 56.6 Å². The highest BCUT2D eigenvalue weighted by atomic mass is 127. The Labute approximate surface area is 100.0 Å². The summed E-state index contributed by atoms with van der Waals surface area (Å²) in [6.45, 7) is 0. The maximum absolute atomic E-state index is 6.03. The molecule has 0 aliphatic rings. The average molecular weight is 323 g/mol. The van der Waals surface area contributed by atoms with Crippen molar-refractivity contribution in [2.75, 3.05) is 0 Å². The van der Waals surface area contributed by atoms with E-state index in [0.717, 1.165) is 20.8 Å². The van der Waals surface area contributed by atoms with E-state index in [0.29, 0.717) is 0 Å². The van der Waals surface area contributed by atoms with Gasteiger partial charge in [-0.3, -0.25) is 0 Å². The molecule has 0 saturated carbocycles. The quantitative estimate of drug-likeness (QED) is 0.614. The molecule has 0 atom stereocenters. The fourth-order valence-corrected chi connectivity index (χ4v) is 2.27.